The van der Waals surface area contributed by atoms with Crippen molar-refractivity contribution < 1.29 is 0 Å². The summed E-state index contributed by atoms with van der Waals surface area (Å²) in [7, 11) is 0. The van der Waals surface area contributed by atoms with Crippen molar-refractivity contribution in [2.75, 3.05) is 13.1 Å². The van der Waals surface area contributed by atoms with Crippen LogP contribution in [0.4, 0.5) is 0 Å². The van der Waals surface area contributed by atoms with E-state index in [1.54, 1.807) is 0 Å². The second-order valence-corrected chi connectivity index (χ2v) is 7.74. The molecule has 2 aliphatic rings. The highest BCUT2D eigenvalue weighted by Gasteiger charge is 2.34. The Bertz CT molecular complexity index is 484. The molecule has 0 bridgehead atoms. The third kappa shape index (κ3) is 4.01. The third-order valence-corrected chi connectivity index (χ3v) is 5.59. The van der Waals surface area contributed by atoms with E-state index in [0.717, 1.165) is 22.1 Å². The molecule has 1 aromatic rings. The standard InChI is InChI=1S/C17H24BrClN2/c1-12(16-8-5-13(18)10-17(16)19)21(15-6-7-15)11-14-4-2-3-9-20-14/h5,8,10,12,14-15,20H,2-4,6-7,9,11H2,1H3. The smallest absolute Gasteiger partial charge is 0.0464 e. The first-order valence-electron chi connectivity index (χ1n) is 8.09. The zero-order chi connectivity index (χ0) is 14.8. The number of nitrogens with one attached hydrogen (secondary N) is 1. The van der Waals surface area contributed by atoms with Gasteiger partial charge in [-0.2, -0.15) is 0 Å². The molecule has 1 aliphatic heterocycles. The Morgan fingerprint density at radius 2 is 2.14 bits per heavy atom. The molecule has 0 spiro atoms. The lowest BCUT2D eigenvalue weighted by atomic mass is 10.0. The SMILES string of the molecule is CC(c1ccc(Br)cc1Cl)N(CC1CCCCN1)C1CC1. The normalized spacial score (nSPS) is 24.3. The molecule has 1 aliphatic carbocycles. The van der Waals surface area contributed by atoms with Crippen molar-refractivity contribution in [2.45, 2.75) is 57.2 Å². The Kier molecular flexibility index (Phi) is 5.26. The second kappa shape index (κ2) is 6.99. The lowest BCUT2D eigenvalue weighted by Gasteiger charge is -2.35. The Morgan fingerprint density at radius 1 is 1.33 bits per heavy atom. The van der Waals surface area contributed by atoms with Crippen LogP contribution in [0.2, 0.25) is 5.02 Å². The van der Waals surface area contributed by atoms with E-state index in [-0.39, 0.29) is 0 Å². The number of benzene rings is 1. The highest BCUT2D eigenvalue weighted by atomic mass is 79.9. The number of piperidine rings is 1. The first-order chi connectivity index (χ1) is 10.1. The first-order valence-corrected chi connectivity index (χ1v) is 9.26. The molecule has 2 fully saturated rings. The lowest BCUT2D eigenvalue weighted by Crippen LogP contribution is -2.45. The highest BCUT2D eigenvalue weighted by Crippen LogP contribution is 2.37. The summed E-state index contributed by atoms with van der Waals surface area (Å²) in [6.45, 7) is 4.63. The number of halogens is 2. The van der Waals surface area contributed by atoms with Crippen LogP contribution in [0.25, 0.3) is 0 Å². The van der Waals surface area contributed by atoms with E-state index < -0.39 is 0 Å². The highest BCUT2D eigenvalue weighted by molar-refractivity contribution is 9.10. The summed E-state index contributed by atoms with van der Waals surface area (Å²) in [5.41, 5.74) is 1.25. The van der Waals surface area contributed by atoms with Crippen LogP contribution in [0, 0.1) is 0 Å². The quantitative estimate of drug-likeness (QED) is 0.802. The molecule has 116 valence electrons. The van der Waals surface area contributed by atoms with Crippen LogP contribution in [0.15, 0.2) is 22.7 Å². The van der Waals surface area contributed by atoms with Crippen LogP contribution >= 0.6 is 27.5 Å². The van der Waals surface area contributed by atoms with Gasteiger partial charge in [0.15, 0.2) is 0 Å². The van der Waals surface area contributed by atoms with E-state index >= 15 is 0 Å². The summed E-state index contributed by atoms with van der Waals surface area (Å²) in [6, 6.07) is 8.07. The number of rotatable bonds is 5. The zero-order valence-electron chi connectivity index (χ0n) is 12.6. The minimum absolute atomic E-state index is 0.391. The minimum Gasteiger partial charge on any atom is -0.313 e. The summed E-state index contributed by atoms with van der Waals surface area (Å²) in [5.74, 6) is 0. The predicted molar refractivity (Wildman–Crippen MR) is 92.9 cm³/mol. The van der Waals surface area contributed by atoms with E-state index in [9.17, 15) is 0 Å². The molecule has 1 saturated carbocycles. The molecule has 0 aromatic heterocycles. The maximum Gasteiger partial charge on any atom is 0.0464 e. The van der Waals surface area contributed by atoms with Crippen LogP contribution in [-0.4, -0.2) is 30.1 Å². The molecule has 21 heavy (non-hydrogen) atoms. The van der Waals surface area contributed by atoms with Gasteiger partial charge in [0.1, 0.15) is 0 Å². The van der Waals surface area contributed by atoms with Gasteiger partial charge in [-0.15, -0.1) is 0 Å². The fraction of sp³-hybridized carbons (Fsp3) is 0.647. The van der Waals surface area contributed by atoms with E-state index in [0.29, 0.717) is 12.1 Å². The Morgan fingerprint density at radius 3 is 2.76 bits per heavy atom. The fourth-order valence-electron chi connectivity index (χ4n) is 3.38. The third-order valence-electron chi connectivity index (χ3n) is 4.77. The molecule has 0 radical (unpaired) electrons. The van der Waals surface area contributed by atoms with Gasteiger partial charge in [-0.05, 0) is 56.8 Å². The van der Waals surface area contributed by atoms with Gasteiger partial charge < -0.3 is 5.32 Å². The van der Waals surface area contributed by atoms with Crippen LogP contribution in [0.1, 0.15) is 50.6 Å². The topological polar surface area (TPSA) is 15.3 Å². The Balaban J connectivity index is 1.73. The van der Waals surface area contributed by atoms with E-state index in [4.69, 9.17) is 11.6 Å². The van der Waals surface area contributed by atoms with Gasteiger partial charge in [0.25, 0.3) is 0 Å². The second-order valence-electron chi connectivity index (χ2n) is 6.42. The maximum atomic E-state index is 6.46. The first kappa shape index (κ1) is 15.8. The molecular formula is C17H24BrClN2. The molecule has 4 heteroatoms. The summed E-state index contributed by atoms with van der Waals surface area (Å²) < 4.78 is 1.05. The predicted octanol–water partition coefficient (Wildman–Crippen LogP) is 4.77. The lowest BCUT2D eigenvalue weighted by molar-refractivity contribution is 0.167. The van der Waals surface area contributed by atoms with Crippen LogP contribution in [-0.2, 0) is 0 Å². The summed E-state index contributed by atoms with van der Waals surface area (Å²) in [6.07, 6.45) is 6.68. The maximum absolute atomic E-state index is 6.46. The molecule has 1 heterocycles. The van der Waals surface area contributed by atoms with Crippen molar-refractivity contribution in [3.8, 4) is 0 Å². The monoisotopic (exact) mass is 370 g/mol. The average molecular weight is 372 g/mol. The van der Waals surface area contributed by atoms with Gasteiger partial charge in [0, 0.05) is 34.2 Å². The Labute approximate surface area is 141 Å². The van der Waals surface area contributed by atoms with Crippen molar-refractivity contribution in [1.29, 1.82) is 0 Å². The number of hydrogen-bond acceptors (Lipinski definition) is 2. The molecule has 1 N–H and O–H groups in total. The summed E-state index contributed by atoms with van der Waals surface area (Å²) in [4.78, 5) is 2.66. The van der Waals surface area contributed by atoms with Crippen LogP contribution in [0.5, 0.6) is 0 Å². The van der Waals surface area contributed by atoms with Crippen LogP contribution in [0.3, 0.4) is 0 Å². The summed E-state index contributed by atoms with van der Waals surface area (Å²) in [5, 5.41) is 4.55. The molecule has 2 nitrogen and oxygen atoms in total. The van der Waals surface area contributed by atoms with Gasteiger partial charge in [-0.25, -0.2) is 0 Å². The molecular weight excluding hydrogens is 348 g/mol. The van der Waals surface area contributed by atoms with Crippen molar-refractivity contribution in [1.82, 2.24) is 10.2 Å². The average Bonchev–Trinajstić information content (AvgIpc) is 3.30. The fourth-order valence-corrected chi connectivity index (χ4v) is 4.21. The van der Waals surface area contributed by atoms with Gasteiger partial charge in [0.05, 0.1) is 0 Å². The van der Waals surface area contributed by atoms with Crippen molar-refractivity contribution in [2.24, 2.45) is 0 Å². The summed E-state index contributed by atoms with van der Waals surface area (Å²) >= 11 is 9.96. The largest absolute Gasteiger partial charge is 0.313 e. The number of hydrogen-bond donors (Lipinski definition) is 1. The van der Waals surface area contributed by atoms with Crippen molar-refractivity contribution in [3.63, 3.8) is 0 Å². The van der Waals surface area contributed by atoms with E-state index in [1.165, 1.54) is 44.2 Å². The molecule has 1 saturated heterocycles. The van der Waals surface area contributed by atoms with Gasteiger partial charge in [0.2, 0.25) is 0 Å². The molecule has 0 amide bonds. The van der Waals surface area contributed by atoms with E-state index in [1.807, 2.05) is 6.07 Å². The zero-order valence-corrected chi connectivity index (χ0v) is 15.0. The van der Waals surface area contributed by atoms with Crippen LogP contribution < -0.4 is 5.32 Å². The molecule has 1 aromatic carbocycles. The van der Waals surface area contributed by atoms with E-state index in [2.05, 4.69) is 45.2 Å². The Hall–Kier alpha value is -0.0900. The van der Waals surface area contributed by atoms with Gasteiger partial charge in [-0.3, -0.25) is 4.90 Å². The number of nitrogens with zero attached hydrogens (tertiary/aromatic N) is 1. The van der Waals surface area contributed by atoms with Gasteiger partial charge in [-0.1, -0.05) is 40.0 Å². The minimum atomic E-state index is 0.391. The van der Waals surface area contributed by atoms with Gasteiger partial charge >= 0.3 is 0 Å². The van der Waals surface area contributed by atoms with Crippen molar-refractivity contribution >= 4 is 27.5 Å². The molecule has 2 atom stereocenters. The molecule has 2 unspecified atom stereocenters. The molecule has 3 rings (SSSR count). The van der Waals surface area contributed by atoms with Crippen molar-refractivity contribution in [3.05, 3.63) is 33.3 Å².